The van der Waals surface area contributed by atoms with Gasteiger partial charge in [0.25, 0.3) is 0 Å². The van der Waals surface area contributed by atoms with Gasteiger partial charge < -0.3 is 0 Å². The maximum Gasteiger partial charge on any atom is -0.0414 e. The van der Waals surface area contributed by atoms with E-state index in [1.807, 2.05) is 0 Å². The summed E-state index contributed by atoms with van der Waals surface area (Å²) in [5.41, 5.74) is 0. The second kappa shape index (κ2) is 27.0. The van der Waals surface area contributed by atoms with Crippen LogP contribution in [0.2, 0.25) is 0 Å². The first-order valence-electron chi connectivity index (χ1n) is 14.8. The highest BCUT2D eigenvalue weighted by atomic mass is 14.1. The second-order valence-electron chi connectivity index (χ2n) is 10.3. The summed E-state index contributed by atoms with van der Waals surface area (Å²) in [6, 6.07) is 0. The molecular weight excluding hydrogens is 360 g/mol. The summed E-state index contributed by atoms with van der Waals surface area (Å²) < 4.78 is 0. The Labute approximate surface area is 193 Å². The zero-order valence-electron chi connectivity index (χ0n) is 22.0. The Bertz CT molecular complexity index is 282. The monoisotopic (exact) mass is 422 g/mol. The number of rotatable bonds is 26. The minimum atomic E-state index is 1.03. The van der Waals surface area contributed by atoms with E-state index in [1.54, 1.807) is 0 Å². The SMILES string of the molecule is CCCCCCCCCCCCCCCCC(CCC)CCCCCCCCCC. The standard InChI is InChI=1S/C30H62/c1-4-7-9-11-13-15-16-17-18-19-20-22-24-26-29-30(27-6-3)28-25-23-21-14-12-10-8-5-2/h30H,4-29H2,1-3H3. The summed E-state index contributed by atoms with van der Waals surface area (Å²) in [5, 5.41) is 0. The van der Waals surface area contributed by atoms with Crippen LogP contribution in [0.3, 0.4) is 0 Å². The molecule has 0 aliphatic carbocycles. The van der Waals surface area contributed by atoms with Gasteiger partial charge >= 0.3 is 0 Å². The summed E-state index contributed by atoms with van der Waals surface area (Å²) in [4.78, 5) is 0. The van der Waals surface area contributed by atoms with Crippen molar-refractivity contribution in [1.82, 2.24) is 0 Å². The van der Waals surface area contributed by atoms with Gasteiger partial charge in [0.15, 0.2) is 0 Å². The highest BCUT2D eigenvalue weighted by Crippen LogP contribution is 2.23. The van der Waals surface area contributed by atoms with Crippen LogP contribution in [0, 0.1) is 5.92 Å². The Kier molecular flexibility index (Phi) is 27.0. The van der Waals surface area contributed by atoms with Gasteiger partial charge in [-0.2, -0.15) is 0 Å². The molecule has 0 aliphatic heterocycles. The van der Waals surface area contributed by atoms with Gasteiger partial charge in [-0.3, -0.25) is 0 Å². The lowest BCUT2D eigenvalue weighted by atomic mass is 9.90. The topological polar surface area (TPSA) is 0 Å². The molecule has 0 nitrogen and oxygen atoms in total. The molecule has 0 rings (SSSR count). The van der Waals surface area contributed by atoms with Crippen molar-refractivity contribution in [3.63, 3.8) is 0 Å². The van der Waals surface area contributed by atoms with Gasteiger partial charge in [-0.15, -0.1) is 0 Å². The Morgan fingerprint density at radius 1 is 0.267 bits per heavy atom. The third kappa shape index (κ3) is 24.3. The molecule has 0 N–H and O–H groups in total. The van der Waals surface area contributed by atoms with Crippen LogP contribution in [0.1, 0.15) is 188 Å². The smallest absolute Gasteiger partial charge is 0.0414 e. The van der Waals surface area contributed by atoms with Crippen LogP contribution in [0.25, 0.3) is 0 Å². The van der Waals surface area contributed by atoms with Crippen molar-refractivity contribution in [3.8, 4) is 0 Å². The van der Waals surface area contributed by atoms with Gasteiger partial charge in [-0.05, 0) is 5.92 Å². The predicted molar refractivity (Wildman–Crippen MR) is 141 cm³/mol. The van der Waals surface area contributed by atoms with Crippen molar-refractivity contribution in [2.24, 2.45) is 5.92 Å². The maximum atomic E-state index is 2.38. The van der Waals surface area contributed by atoms with Crippen molar-refractivity contribution in [2.45, 2.75) is 188 Å². The van der Waals surface area contributed by atoms with E-state index in [0.717, 1.165) is 5.92 Å². The lowest BCUT2D eigenvalue weighted by Crippen LogP contribution is -2.00. The normalized spacial score (nSPS) is 12.5. The average Bonchev–Trinajstić information content (AvgIpc) is 2.75. The molecule has 0 bridgehead atoms. The Morgan fingerprint density at radius 2 is 0.533 bits per heavy atom. The molecule has 0 aromatic carbocycles. The van der Waals surface area contributed by atoms with Crippen molar-refractivity contribution in [1.29, 1.82) is 0 Å². The minimum Gasteiger partial charge on any atom is -0.0654 e. The first-order valence-corrected chi connectivity index (χ1v) is 14.8. The molecule has 0 saturated heterocycles. The molecule has 182 valence electrons. The molecule has 0 fully saturated rings. The van der Waals surface area contributed by atoms with E-state index >= 15 is 0 Å². The largest absolute Gasteiger partial charge is 0.0654 e. The van der Waals surface area contributed by atoms with E-state index in [9.17, 15) is 0 Å². The van der Waals surface area contributed by atoms with Crippen molar-refractivity contribution >= 4 is 0 Å². The maximum absolute atomic E-state index is 2.38. The molecule has 30 heavy (non-hydrogen) atoms. The number of hydrogen-bond acceptors (Lipinski definition) is 0. The molecule has 0 heteroatoms. The van der Waals surface area contributed by atoms with Crippen molar-refractivity contribution < 1.29 is 0 Å². The van der Waals surface area contributed by atoms with Crippen LogP contribution in [0.4, 0.5) is 0 Å². The van der Waals surface area contributed by atoms with E-state index in [-0.39, 0.29) is 0 Å². The van der Waals surface area contributed by atoms with E-state index < -0.39 is 0 Å². The van der Waals surface area contributed by atoms with Crippen molar-refractivity contribution in [2.75, 3.05) is 0 Å². The van der Waals surface area contributed by atoms with Gasteiger partial charge in [-0.25, -0.2) is 0 Å². The van der Waals surface area contributed by atoms with Crippen LogP contribution in [0.5, 0.6) is 0 Å². The summed E-state index contributed by atoms with van der Waals surface area (Å²) in [6.45, 7) is 7.00. The molecule has 0 heterocycles. The molecule has 1 atom stereocenters. The molecular formula is C30H62. The van der Waals surface area contributed by atoms with Crippen LogP contribution in [0.15, 0.2) is 0 Å². The molecule has 0 radical (unpaired) electrons. The fourth-order valence-corrected chi connectivity index (χ4v) is 5.04. The number of unbranched alkanes of at least 4 members (excludes halogenated alkanes) is 20. The van der Waals surface area contributed by atoms with Crippen LogP contribution >= 0.6 is 0 Å². The van der Waals surface area contributed by atoms with Gasteiger partial charge in [-0.1, -0.05) is 188 Å². The fraction of sp³-hybridized carbons (Fsp3) is 1.00. The van der Waals surface area contributed by atoms with Gasteiger partial charge in [0.2, 0.25) is 0 Å². The molecule has 1 unspecified atom stereocenters. The van der Waals surface area contributed by atoms with Crippen molar-refractivity contribution in [3.05, 3.63) is 0 Å². The zero-order chi connectivity index (χ0) is 22.0. The Balaban J connectivity index is 3.36. The van der Waals surface area contributed by atoms with Crippen LogP contribution in [-0.2, 0) is 0 Å². The highest BCUT2D eigenvalue weighted by Gasteiger charge is 2.07. The molecule has 0 saturated carbocycles. The first-order chi connectivity index (χ1) is 14.8. The predicted octanol–water partition coefficient (Wildman–Crippen LogP) is 11.8. The summed E-state index contributed by atoms with van der Waals surface area (Å²) >= 11 is 0. The van der Waals surface area contributed by atoms with Gasteiger partial charge in [0, 0.05) is 0 Å². The lowest BCUT2D eigenvalue weighted by Gasteiger charge is -2.16. The highest BCUT2D eigenvalue weighted by molar-refractivity contribution is 4.61. The lowest BCUT2D eigenvalue weighted by molar-refractivity contribution is 0.377. The molecule has 0 aromatic heterocycles. The molecule has 0 spiro atoms. The quantitative estimate of drug-likeness (QED) is 0.122. The summed E-state index contributed by atoms with van der Waals surface area (Å²) in [5.74, 6) is 1.03. The van der Waals surface area contributed by atoms with Crippen LogP contribution < -0.4 is 0 Å². The zero-order valence-corrected chi connectivity index (χ0v) is 22.0. The molecule has 0 aromatic rings. The van der Waals surface area contributed by atoms with Crippen LogP contribution in [-0.4, -0.2) is 0 Å². The summed E-state index contributed by atoms with van der Waals surface area (Å²) in [6.07, 6.45) is 38.3. The van der Waals surface area contributed by atoms with Gasteiger partial charge in [0.05, 0.1) is 0 Å². The van der Waals surface area contributed by atoms with Gasteiger partial charge in [0.1, 0.15) is 0 Å². The molecule has 0 amide bonds. The molecule has 0 aliphatic rings. The van der Waals surface area contributed by atoms with E-state index in [0.29, 0.717) is 0 Å². The van der Waals surface area contributed by atoms with E-state index in [1.165, 1.54) is 167 Å². The van der Waals surface area contributed by atoms with E-state index in [4.69, 9.17) is 0 Å². The first kappa shape index (κ1) is 30.0. The minimum absolute atomic E-state index is 1.03. The third-order valence-electron chi connectivity index (χ3n) is 7.13. The Morgan fingerprint density at radius 3 is 0.800 bits per heavy atom. The fourth-order valence-electron chi connectivity index (χ4n) is 5.04. The second-order valence-corrected chi connectivity index (χ2v) is 10.3. The third-order valence-corrected chi connectivity index (χ3v) is 7.13. The summed E-state index contributed by atoms with van der Waals surface area (Å²) in [7, 11) is 0. The Hall–Kier alpha value is 0. The number of hydrogen-bond donors (Lipinski definition) is 0. The van der Waals surface area contributed by atoms with E-state index in [2.05, 4.69) is 20.8 Å². The average molecular weight is 423 g/mol.